The number of rotatable bonds is 11. The standard InChI is InChI=1S/C38H50F4O/c1-3-5-6-7-31-19-23-34(38(42)36(31)40)29-10-8-25(9-11-29)24-43-32-20-16-28(17-21-32)27-12-14-30(15-13-27)33-22-18-26(4-2)35(39)37(33)41/h14,18-19,22-23,25,27-29,32H,3-13,15-17,20-21,24H2,1-2H3. The lowest BCUT2D eigenvalue weighted by Crippen LogP contribution is -2.29. The Bertz CT molecular complexity index is 1240. The van der Waals surface area contributed by atoms with E-state index in [0.29, 0.717) is 59.0 Å². The average molecular weight is 599 g/mol. The molecule has 2 aromatic carbocycles. The minimum absolute atomic E-state index is 0.0992. The smallest absolute Gasteiger partial charge is 0.166 e. The fraction of sp³-hybridized carbons (Fsp3) is 0.632. The van der Waals surface area contributed by atoms with E-state index >= 15 is 0 Å². The van der Waals surface area contributed by atoms with Gasteiger partial charge in [0.25, 0.3) is 0 Å². The van der Waals surface area contributed by atoms with Gasteiger partial charge in [0, 0.05) is 12.2 Å². The largest absolute Gasteiger partial charge is 0.378 e. The molecule has 0 spiro atoms. The van der Waals surface area contributed by atoms with Crippen molar-refractivity contribution in [2.75, 3.05) is 6.61 Å². The van der Waals surface area contributed by atoms with Gasteiger partial charge >= 0.3 is 0 Å². The number of benzene rings is 2. The minimum Gasteiger partial charge on any atom is -0.378 e. The second-order valence-corrected chi connectivity index (χ2v) is 13.5. The van der Waals surface area contributed by atoms with E-state index in [1.165, 1.54) is 12.8 Å². The van der Waals surface area contributed by atoms with Crippen molar-refractivity contribution in [2.24, 2.45) is 17.8 Å². The Morgan fingerprint density at radius 2 is 1.42 bits per heavy atom. The first kappa shape index (κ1) is 32.3. The summed E-state index contributed by atoms with van der Waals surface area (Å²) in [5.74, 6) is -0.767. The van der Waals surface area contributed by atoms with E-state index in [0.717, 1.165) is 89.2 Å². The van der Waals surface area contributed by atoms with Crippen LogP contribution in [0.2, 0.25) is 0 Å². The summed E-state index contributed by atoms with van der Waals surface area (Å²) in [5, 5.41) is 0. The van der Waals surface area contributed by atoms with Gasteiger partial charge in [0.05, 0.1) is 6.10 Å². The van der Waals surface area contributed by atoms with Crippen molar-refractivity contribution in [1.82, 2.24) is 0 Å². The van der Waals surface area contributed by atoms with Gasteiger partial charge in [0.1, 0.15) is 0 Å². The highest BCUT2D eigenvalue weighted by Gasteiger charge is 2.31. The van der Waals surface area contributed by atoms with Crippen LogP contribution in [0.25, 0.3) is 5.57 Å². The van der Waals surface area contributed by atoms with Crippen molar-refractivity contribution in [2.45, 2.75) is 129 Å². The number of unbranched alkanes of at least 4 members (excludes halogenated alkanes) is 2. The van der Waals surface area contributed by atoms with Crippen molar-refractivity contribution < 1.29 is 22.3 Å². The van der Waals surface area contributed by atoms with Crippen LogP contribution in [-0.4, -0.2) is 12.7 Å². The van der Waals surface area contributed by atoms with Crippen LogP contribution in [0.5, 0.6) is 0 Å². The molecule has 1 nitrogen and oxygen atoms in total. The highest BCUT2D eigenvalue weighted by Crippen LogP contribution is 2.42. The number of ether oxygens (including phenoxy) is 1. The third kappa shape index (κ3) is 7.75. The minimum atomic E-state index is -0.693. The Kier molecular flexibility index (Phi) is 11.4. The molecule has 1 atom stereocenters. The van der Waals surface area contributed by atoms with E-state index in [4.69, 9.17) is 4.74 Å². The van der Waals surface area contributed by atoms with Crippen LogP contribution in [0, 0.1) is 41.0 Å². The molecule has 0 N–H and O–H groups in total. The van der Waals surface area contributed by atoms with Crippen molar-refractivity contribution in [3.8, 4) is 0 Å². The quantitative estimate of drug-likeness (QED) is 0.185. The van der Waals surface area contributed by atoms with Crippen molar-refractivity contribution >= 4 is 5.57 Å². The summed E-state index contributed by atoms with van der Waals surface area (Å²) in [6.07, 6.45) is 17.6. The second-order valence-electron chi connectivity index (χ2n) is 13.5. The molecule has 0 radical (unpaired) electrons. The number of allylic oxidation sites excluding steroid dienone is 2. The third-order valence-electron chi connectivity index (χ3n) is 10.8. The van der Waals surface area contributed by atoms with Gasteiger partial charge in [-0.1, -0.05) is 57.0 Å². The number of aryl methyl sites for hydroxylation is 2. The molecule has 0 aliphatic heterocycles. The highest BCUT2D eigenvalue weighted by molar-refractivity contribution is 5.67. The topological polar surface area (TPSA) is 9.23 Å². The summed E-state index contributed by atoms with van der Waals surface area (Å²) in [5.41, 5.74) is 2.90. The maximum atomic E-state index is 14.9. The molecule has 43 heavy (non-hydrogen) atoms. The third-order valence-corrected chi connectivity index (χ3v) is 10.8. The average Bonchev–Trinajstić information content (AvgIpc) is 3.04. The zero-order valence-electron chi connectivity index (χ0n) is 26.2. The van der Waals surface area contributed by atoms with Crippen LogP contribution < -0.4 is 0 Å². The number of hydrogen-bond acceptors (Lipinski definition) is 1. The van der Waals surface area contributed by atoms with Gasteiger partial charge in [-0.3, -0.25) is 0 Å². The van der Waals surface area contributed by atoms with Crippen LogP contribution in [0.3, 0.4) is 0 Å². The van der Waals surface area contributed by atoms with E-state index in [9.17, 15) is 17.6 Å². The van der Waals surface area contributed by atoms with Gasteiger partial charge in [-0.15, -0.1) is 0 Å². The fourth-order valence-corrected chi connectivity index (χ4v) is 7.95. The zero-order valence-corrected chi connectivity index (χ0v) is 26.2. The van der Waals surface area contributed by atoms with Gasteiger partial charge in [0.2, 0.25) is 0 Å². The van der Waals surface area contributed by atoms with Gasteiger partial charge in [0.15, 0.2) is 23.3 Å². The Hall–Kier alpha value is -2.14. The molecular formula is C38H50F4O. The highest BCUT2D eigenvalue weighted by atomic mass is 19.2. The lowest BCUT2D eigenvalue weighted by Gasteiger charge is -2.36. The molecule has 2 aromatic rings. The lowest BCUT2D eigenvalue weighted by molar-refractivity contribution is -0.0132. The molecule has 0 aromatic heterocycles. The molecule has 0 amide bonds. The maximum Gasteiger partial charge on any atom is 0.166 e. The van der Waals surface area contributed by atoms with Gasteiger partial charge in [-0.05, 0) is 136 Å². The van der Waals surface area contributed by atoms with Crippen molar-refractivity contribution in [3.05, 3.63) is 75.9 Å². The van der Waals surface area contributed by atoms with Crippen LogP contribution >= 0.6 is 0 Å². The first-order chi connectivity index (χ1) is 20.9. The summed E-state index contributed by atoms with van der Waals surface area (Å²) in [7, 11) is 0. The molecule has 5 heteroatoms. The van der Waals surface area contributed by atoms with Gasteiger partial charge in [-0.2, -0.15) is 0 Å². The Morgan fingerprint density at radius 1 is 0.698 bits per heavy atom. The summed E-state index contributed by atoms with van der Waals surface area (Å²) in [6.45, 7) is 4.72. The zero-order chi connectivity index (χ0) is 30.3. The van der Waals surface area contributed by atoms with E-state index in [1.54, 1.807) is 12.1 Å². The van der Waals surface area contributed by atoms with E-state index in [2.05, 4.69) is 13.0 Å². The summed E-state index contributed by atoms with van der Waals surface area (Å²) in [6, 6.07) is 7.12. The first-order valence-corrected chi connectivity index (χ1v) is 17.1. The normalized spacial score (nSPS) is 26.4. The summed E-state index contributed by atoms with van der Waals surface area (Å²) < 4.78 is 65.0. The molecule has 0 heterocycles. The molecule has 236 valence electrons. The predicted molar refractivity (Wildman–Crippen MR) is 167 cm³/mol. The van der Waals surface area contributed by atoms with Crippen LogP contribution in [-0.2, 0) is 17.6 Å². The Labute approximate surface area is 256 Å². The van der Waals surface area contributed by atoms with E-state index in [-0.39, 0.29) is 5.92 Å². The SMILES string of the molecule is CCCCCc1ccc(C2CCC(COC3CCC(C4CC=C(c5ccc(CC)c(F)c5F)CC4)CC3)CC2)c(F)c1F. The summed E-state index contributed by atoms with van der Waals surface area (Å²) in [4.78, 5) is 0. The Balaban J connectivity index is 1.03. The fourth-order valence-electron chi connectivity index (χ4n) is 7.95. The molecular weight excluding hydrogens is 548 g/mol. The predicted octanol–water partition coefficient (Wildman–Crippen LogP) is 11.3. The maximum absolute atomic E-state index is 14.9. The molecule has 1 unspecified atom stereocenters. The number of halogens is 4. The van der Waals surface area contributed by atoms with Crippen LogP contribution in [0.15, 0.2) is 30.3 Å². The molecule has 2 fully saturated rings. The van der Waals surface area contributed by atoms with E-state index < -0.39 is 23.3 Å². The van der Waals surface area contributed by atoms with E-state index in [1.807, 2.05) is 19.1 Å². The first-order valence-electron chi connectivity index (χ1n) is 17.1. The Morgan fingerprint density at radius 3 is 2.09 bits per heavy atom. The van der Waals surface area contributed by atoms with Crippen LogP contribution in [0.4, 0.5) is 17.6 Å². The lowest BCUT2D eigenvalue weighted by atomic mass is 9.72. The second kappa shape index (κ2) is 15.2. The van der Waals surface area contributed by atoms with Crippen LogP contribution in [0.1, 0.15) is 132 Å². The van der Waals surface area contributed by atoms with Crippen molar-refractivity contribution in [1.29, 1.82) is 0 Å². The molecule has 0 bridgehead atoms. The van der Waals surface area contributed by atoms with Crippen molar-refractivity contribution in [3.63, 3.8) is 0 Å². The molecule has 3 aliphatic rings. The molecule has 3 aliphatic carbocycles. The molecule has 5 rings (SSSR count). The van der Waals surface area contributed by atoms with Gasteiger partial charge < -0.3 is 4.74 Å². The molecule has 0 saturated heterocycles. The van der Waals surface area contributed by atoms with Gasteiger partial charge in [-0.25, -0.2) is 17.6 Å². The molecule has 2 saturated carbocycles. The monoisotopic (exact) mass is 598 g/mol. The number of hydrogen-bond donors (Lipinski definition) is 0. The summed E-state index contributed by atoms with van der Waals surface area (Å²) >= 11 is 0.